The second kappa shape index (κ2) is 8.11. The Balaban J connectivity index is 1.44. The van der Waals surface area contributed by atoms with Crippen LogP contribution < -0.4 is 16.4 Å². The van der Waals surface area contributed by atoms with Crippen molar-refractivity contribution in [1.82, 2.24) is 30.0 Å². The third-order valence-corrected chi connectivity index (χ3v) is 4.63. The number of fused-ring (bicyclic) bond motifs is 1. The zero-order valence-electron chi connectivity index (χ0n) is 14.9. The smallest absolute Gasteiger partial charge is 0.188 e. The molecule has 9 nitrogen and oxygen atoms in total. The minimum Gasteiger partial charge on any atom is -0.370 e. The van der Waals surface area contributed by atoms with E-state index in [9.17, 15) is 0 Å². The van der Waals surface area contributed by atoms with Gasteiger partial charge < -0.3 is 16.4 Å². The molecule has 25 heavy (non-hydrogen) atoms. The minimum atomic E-state index is 0.499. The van der Waals surface area contributed by atoms with Crippen molar-refractivity contribution in [1.29, 1.82) is 0 Å². The van der Waals surface area contributed by atoms with Crippen LogP contribution >= 0.6 is 0 Å². The van der Waals surface area contributed by atoms with Crippen molar-refractivity contribution in [3.05, 3.63) is 12.5 Å². The molecule has 1 atom stereocenters. The molecule has 1 aliphatic rings. The summed E-state index contributed by atoms with van der Waals surface area (Å²) in [5.41, 5.74) is 6.77. The van der Waals surface area contributed by atoms with Gasteiger partial charge >= 0.3 is 0 Å². The van der Waals surface area contributed by atoms with Gasteiger partial charge in [0.05, 0.1) is 18.1 Å². The number of nitrogens with one attached hydrogen (secondary N) is 2. The van der Waals surface area contributed by atoms with E-state index in [1.165, 1.54) is 25.7 Å². The molecule has 0 saturated carbocycles. The van der Waals surface area contributed by atoms with Crippen LogP contribution in [-0.4, -0.2) is 69.4 Å². The van der Waals surface area contributed by atoms with Crippen LogP contribution in [0.4, 0.5) is 5.82 Å². The minimum absolute atomic E-state index is 0.499. The highest BCUT2D eigenvalue weighted by Gasteiger charge is 2.22. The Morgan fingerprint density at radius 1 is 1.40 bits per heavy atom. The van der Waals surface area contributed by atoms with E-state index in [2.05, 4.69) is 42.5 Å². The van der Waals surface area contributed by atoms with Crippen LogP contribution in [0.25, 0.3) is 11.0 Å². The number of anilines is 1. The van der Waals surface area contributed by atoms with Crippen LogP contribution in [0.3, 0.4) is 0 Å². The summed E-state index contributed by atoms with van der Waals surface area (Å²) in [5, 5.41) is 11.5. The second-order valence-corrected chi connectivity index (χ2v) is 6.23. The summed E-state index contributed by atoms with van der Waals surface area (Å²) in [6.07, 6.45) is 5.77. The fourth-order valence-corrected chi connectivity index (χ4v) is 3.25. The Kier molecular flexibility index (Phi) is 5.64. The van der Waals surface area contributed by atoms with Crippen molar-refractivity contribution in [2.24, 2.45) is 17.8 Å². The quantitative estimate of drug-likeness (QED) is 0.373. The highest BCUT2D eigenvalue weighted by Crippen LogP contribution is 2.17. The number of aryl methyl sites for hydroxylation is 1. The van der Waals surface area contributed by atoms with Gasteiger partial charge in [-0.25, -0.2) is 9.97 Å². The molecule has 1 fully saturated rings. The SMILES string of the molecule is CCN1CCCC1CN=C(N)NCCNc1ncnc2c1cnn2C. The molecule has 0 amide bonds. The number of hydrogen-bond acceptors (Lipinski definition) is 6. The van der Waals surface area contributed by atoms with Gasteiger partial charge in [0.25, 0.3) is 0 Å². The average molecular weight is 345 g/mol. The lowest BCUT2D eigenvalue weighted by Crippen LogP contribution is -2.37. The summed E-state index contributed by atoms with van der Waals surface area (Å²) in [7, 11) is 1.86. The topological polar surface area (TPSA) is 109 Å². The van der Waals surface area contributed by atoms with E-state index in [4.69, 9.17) is 5.73 Å². The summed E-state index contributed by atoms with van der Waals surface area (Å²) in [6.45, 7) is 6.57. The van der Waals surface area contributed by atoms with Gasteiger partial charge in [-0.15, -0.1) is 0 Å². The molecule has 1 unspecified atom stereocenters. The van der Waals surface area contributed by atoms with Gasteiger partial charge in [-0.1, -0.05) is 6.92 Å². The molecule has 0 aliphatic carbocycles. The Morgan fingerprint density at radius 2 is 2.28 bits per heavy atom. The number of aliphatic imine (C=N–C) groups is 1. The number of hydrogen-bond donors (Lipinski definition) is 3. The number of aromatic nitrogens is 4. The van der Waals surface area contributed by atoms with Crippen molar-refractivity contribution in [3.63, 3.8) is 0 Å². The van der Waals surface area contributed by atoms with Crippen LogP contribution in [0.2, 0.25) is 0 Å². The lowest BCUT2D eigenvalue weighted by Gasteiger charge is -2.21. The van der Waals surface area contributed by atoms with E-state index in [0.29, 0.717) is 25.1 Å². The number of nitrogens with two attached hydrogens (primary N) is 1. The molecule has 0 bridgehead atoms. The van der Waals surface area contributed by atoms with Gasteiger partial charge in [-0.3, -0.25) is 14.6 Å². The van der Waals surface area contributed by atoms with E-state index < -0.39 is 0 Å². The normalized spacial score (nSPS) is 18.8. The Hall–Kier alpha value is -2.42. The predicted molar refractivity (Wildman–Crippen MR) is 99.6 cm³/mol. The molecule has 0 radical (unpaired) electrons. The first-order valence-electron chi connectivity index (χ1n) is 8.83. The van der Waals surface area contributed by atoms with Crippen molar-refractivity contribution >= 4 is 22.8 Å². The maximum absolute atomic E-state index is 5.97. The van der Waals surface area contributed by atoms with E-state index in [-0.39, 0.29) is 0 Å². The monoisotopic (exact) mass is 345 g/mol. The van der Waals surface area contributed by atoms with Gasteiger partial charge in [0.1, 0.15) is 12.1 Å². The third kappa shape index (κ3) is 4.16. The van der Waals surface area contributed by atoms with Gasteiger partial charge in [-0.05, 0) is 25.9 Å². The highest BCUT2D eigenvalue weighted by atomic mass is 15.3. The van der Waals surface area contributed by atoms with E-state index in [0.717, 1.165) is 29.9 Å². The van der Waals surface area contributed by atoms with Crippen molar-refractivity contribution < 1.29 is 0 Å². The number of likely N-dealkylation sites (tertiary alicyclic amines) is 1. The summed E-state index contributed by atoms with van der Waals surface area (Å²) >= 11 is 0. The molecule has 3 rings (SSSR count). The van der Waals surface area contributed by atoms with Crippen LogP contribution in [0, 0.1) is 0 Å². The molecule has 136 valence electrons. The number of nitrogens with zero attached hydrogens (tertiary/aromatic N) is 6. The molecule has 4 N–H and O–H groups in total. The van der Waals surface area contributed by atoms with E-state index >= 15 is 0 Å². The molecular formula is C16H27N9. The van der Waals surface area contributed by atoms with Crippen molar-refractivity contribution in [3.8, 4) is 0 Å². The van der Waals surface area contributed by atoms with Gasteiger partial charge in [-0.2, -0.15) is 5.10 Å². The fraction of sp³-hybridized carbons (Fsp3) is 0.625. The molecule has 2 aromatic rings. The summed E-state index contributed by atoms with van der Waals surface area (Å²) in [4.78, 5) is 15.4. The standard InChI is InChI=1S/C16H27N9/c1-3-25-8-4-5-12(25)9-20-16(17)19-7-6-18-14-13-10-23-24(2)15(13)22-11-21-14/h10-12H,3-9H2,1-2H3,(H3,17,19,20)(H,18,21,22). The molecule has 2 aromatic heterocycles. The molecule has 1 saturated heterocycles. The van der Waals surface area contributed by atoms with Crippen molar-refractivity contribution in [2.45, 2.75) is 25.8 Å². The van der Waals surface area contributed by atoms with E-state index in [1.54, 1.807) is 10.9 Å². The van der Waals surface area contributed by atoms with Gasteiger partial charge in [0, 0.05) is 26.2 Å². The first-order valence-corrected chi connectivity index (χ1v) is 8.83. The maximum atomic E-state index is 5.97. The third-order valence-electron chi connectivity index (χ3n) is 4.63. The van der Waals surface area contributed by atoms with Gasteiger partial charge in [0.2, 0.25) is 0 Å². The van der Waals surface area contributed by atoms with Gasteiger partial charge in [0.15, 0.2) is 11.6 Å². The first-order chi connectivity index (χ1) is 12.2. The largest absolute Gasteiger partial charge is 0.370 e. The zero-order valence-corrected chi connectivity index (χ0v) is 14.9. The molecule has 0 aromatic carbocycles. The Morgan fingerprint density at radius 3 is 3.12 bits per heavy atom. The first kappa shape index (κ1) is 17.4. The van der Waals surface area contributed by atoms with E-state index in [1.807, 2.05) is 7.05 Å². The second-order valence-electron chi connectivity index (χ2n) is 6.23. The Labute approximate surface area is 147 Å². The molecule has 1 aliphatic heterocycles. The fourth-order valence-electron chi connectivity index (χ4n) is 3.25. The average Bonchev–Trinajstić information content (AvgIpc) is 3.24. The van der Waals surface area contributed by atoms with Crippen LogP contribution in [-0.2, 0) is 7.05 Å². The predicted octanol–water partition coefficient (Wildman–Crippen LogP) is 0.164. The molecule has 9 heteroatoms. The van der Waals surface area contributed by atoms with Crippen LogP contribution in [0.5, 0.6) is 0 Å². The van der Waals surface area contributed by atoms with Crippen LogP contribution in [0.1, 0.15) is 19.8 Å². The summed E-state index contributed by atoms with van der Waals surface area (Å²) in [5.74, 6) is 1.28. The molecule has 3 heterocycles. The van der Waals surface area contributed by atoms with Crippen molar-refractivity contribution in [2.75, 3.05) is 38.0 Å². The molecule has 0 spiro atoms. The number of likely N-dealkylation sites (N-methyl/N-ethyl adjacent to an activating group) is 1. The summed E-state index contributed by atoms with van der Waals surface area (Å²) in [6, 6.07) is 0.531. The molecular weight excluding hydrogens is 318 g/mol. The zero-order chi connectivity index (χ0) is 17.6. The lowest BCUT2D eigenvalue weighted by molar-refractivity contribution is 0.273. The van der Waals surface area contributed by atoms with Crippen LogP contribution in [0.15, 0.2) is 17.5 Å². The Bertz CT molecular complexity index is 723. The lowest BCUT2D eigenvalue weighted by atomic mass is 10.2. The number of guanidine groups is 1. The maximum Gasteiger partial charge on any atom is 0.188 e. The summed E-state index contributed by atoms with van der Waals surface area (Å²) < 4.78 is 1.73. The number of rotatable bonds is 7. The highest BCUT2D eigenvalue weighted by molar-refractivity contribution is 5.86.